The summed E-state index contributed by atoms with van der Waals surface area (Å²) >= 11 is 0. The molecule has 0 spiro atoms. The summed E-state index contributed by atoms with van der Waals surface area (Å²) in [5.74, 6) is 3.38. The molecular formula is C28H48O2. The highest BCUT2D eigenvalue weighted by Crippen LogP contribution is 2.68. The Hall–Kier alpha value is -0.340. The lowest BCUT2D eigenvalue weighted by Crippen LogP contribution is -2.52. The molecule has 2 heteroatoms. The van der Waals surface area contributed by atoms with Gasteiger partial charge in [-0.2, -0.15) is 0 Å². The molecule has 4 aliphatic rings. The Morgan fingerprint density at radius 1 is 1.03 bits per heavy atom. The summed E-state index contributed by atoms with van der Waals surface area (Å²) in [5, 5.41) is 21.3. The Bertz CT molecular complexity index is 637. The van der Waals surface area contributed by atoms with Crippen molar-refractivity contribution in [3.8, 4) is 0 Å². The third-order valence-corrected chi connectivity index (χ3v) is 10.8. The number of rotatable bonds is 7. The van der Waals surface area contributed by atoms with Crippen LogP contribution in [0.2, 0.25) is 0 Å². The molecule has 3 saturated carbocycles. The maximum absolute atomic E-state index is 11.6. The summed E-state index contributed by atoms with van der Waals surface area (Å²) in [6.45, 7) is 9.90. The molecule has 0 aromatic carbocycles. The van der Waals surface area contributed by atoms with Crippen LogP contribution in [0.1, 0.15) is 111 Å². The molecule has 2 N–H and O–H groups in total. The molecule has 0 aromatic heterocycles. The van der Waals surface area contributed by atoms with Crippen molar-refractivity contribution in [2.45, 2.75) is 117 Å². The monoisotopic (exact) mass is 416 g/mol. The number of aliphatic hydroxyl groups is 2. The molecule has 0 amide bonds. The first-order chi connectivity index (χ1) is 14.3. The molecule has 172 valence electrons. The lowest BCUT2D eigenvalue weighted by Gasteiger charge is -2.59. The molecule has 0 bridgehead atoms. The molecule has 5 unspecified atom stereocenters. The van der Waals surface area contributed by atoms with Crippen molar-refractivity contribution >= 4 is 0 Å². The van der Waals surface area contributed by atoms with Crippen molar-refractivity contribution < 1.29 is 10.2 Å². The van der Waals surface area contributed by atoms with Gasteiger partial charge in [0.2, 0.25) is 0 Å². The molecule has 0 aliphatic heterocycles. The van der Waals surface area contributed by atoms with Crippen LogP contribution >= 0.6 is 0 Å². The van der Waals surface area contributed by atoms with E-state index in [4.69, 9.17) is 0 Å². The molecule has 3 fully saturated rings. The minimum Gasteiger partial charge on any atom is -0.396 e. The Morgan fingerprint density at radius 3 is 2.57 bits per heavy atom. The predicted molar refractivity (Wildman–Crippen MR) is 125 cm³/mol. The van der Waals surface area contributed by atoms with Gasteiger partial charge in [0.1, 0.15) is 0 Å². The second kappa shape index (κ2) is 8.54. The van der Waals surface area contributed by atoms with Crippen molar-refractivity contribution in [3.63, 3.8) is 0 Å². The number of hydrogen-bond acceptors (Lipinski definition) is 2. The number of fused-ring (bicyclic) bond motifs is 5. The zero-order valence-electron chi connectivity index (χ0n) is 20.3. The number of allylic oxidation sites excluding steroid dienone is 2. The van der Waals surface area contributed by atoms with Crippen LogP contribution in [-0.2, 0) is 0 Å². The minimum absolute atomic E-state index is 0.319. The molecule has 4 rings (SSSR count). The molecule has 4 aliphatic carbocycles. The van der Waals surface area contributed by atoms with Crippen LogP contribution in [0.25, 0.3) is 0 Å². The van der Waals surface area contributed by atoms with Gasteiger partial charge in [0.05, 0.1) is 5.60 Å². The normalized spacial score (nSPS) is 45.1. The van der Waals surface area contributed by atoms with Gasteiger partial charge >= 0.3 is 0 Å². The van der Waals surface area contributed by atoms with E-state index in [1.54, 1.807) is 5.57 Å². The molecule has 8 atom stereocenters. The second-order valence-electron chi connectivity index (χ2n) is 12.4. The van der Waals surface area contributed by atoms with Crippen molar-refractivity contribution in [3.05, 3.63) is 11.6 Å². The highest BCUT2D eigenvalue weighted by molar-refractivity contribution is 5.25. The van der Waals surface area contributed by atoms with E-state index in [0.29, 0.717) is 29.3 Å². The Balaban J connectivity index is 1.50. The second-order valence-corrected chi connectivity index (χ2v) is 12.4. The van der Waals surface area contributed by atoms with E-state index in [0.717, 1.165) is 30.6 Å². The summed E-state index contributed by atoms with van der Waals surface area (Å²) in [6, 6.07) is 0. The minimum atomic E-state index is -0.497. The predicted octanol–water partition coefficient (Wildman–Crippen LogP) is 6.90. The van der Waals surface area contributed by atoms with E-state index in [1.165, 1.54) is 70.6 Å². The number of unbranched alkanes of at least 4 members (excludes halogenated alkanes) is 3. The first-order valence-corrected chi connectivity index (χ1v) is 13.3. The molecule has 0 saturated heterocycles. The van der Waals surface area contributed by atoms with Gasteiger partial charge in [0, 0.05) is 6.61 Å². The number of aliphatic hydroxyl groups excluding tert-OH is 1. The smallest absolute Gasteiger partial charge is 0.0653 e. The van der Waals surface area contributed by atoms with Crippen LogP contribution in [0.3, 0.4) is 0 Å². The third kappa shape index (κ3) is 3.72. The van der Waals surface area contributed by atoms with Gasteiger partial charge in [-0.15, -0.1) is 0 Å². The van der Waals surface area contributed by atoms with Gasteiger partial charge in [-0.05, 0) is 105 Å². The lowest BCUT2D eigenvalue weighted by molar-refractivity contribution is -0.104. The van der Waals surface area contributed by atoms with Crippen molar-refractivity contribution in [1.29, 1.82) is 0 Å². The summed E-state index contributed by atoms with van der Waals surface area (Å²) in [5.41, 5.74) is 1.87. The van der Waals surface area contributed by atoms with Crippen LogP contribution in [0.4, 0.5) is 0 Å². The Morgan fingerprint density at radius 2 is 1.83 bits per heavy atom. The highest BCUT2D eigenvalue weighted by Gasteiger charge is 2.61. The topological polar surface area (TPSA) is 40.5 Å². The summed E-state index contributed by atoms with van der Waals surface area (Å²) < 4.78 is 0. The number of hydrogen-bond donors (Lipinski definition) is 2. The maximum Gasteiger partial charge on any atom is 0.0653 e. The van der Waals surface area contributed by atoms with E-state index in [-0.39, 0.29) is 0 Å². The fourth-order valence-corrected chi connectivity index (χ4v) is 9.00. The largest absolute Gasteiger partial charge is 0.396 e. The van der Waals surface area contributed by atoms with Gasteiger partial charge in [-0.3, -0.25) is 0 Å². The van der Waals surface area contributed by atoms with Crippen molar-refractivity contribution in [1.82, 2.24) is 0 Å². The fraction of sp³-hybridized carbons (Fsp3) is 0.929. The van der Waals surface area contributed by atoms with Gasteiger partial charge in [-0.1, -0.05) is 58.1 Å². The van der Waals surface area contributed by atoms with Crippen LogP contribution in [0.5, 0.6) is 0 Å². The SMILES string of the molecule is CCCCCC[C@](C)(O)C1CCC2C3CC=C4CC(CO)CC[C@]4(C)C3CC[C@@]21C. The van der Waals surface area contributed by atoms with Gasteiger partial charge in [0.25, 0.3) is 0 Å². The van der Waals surface area contributed by atoms with Gasteiger partial charge in [0.15, 0.2) is 0 Å². The van der Waals surface area contributed by atoms with Crippen LogP contribution in [0, 0.1) is 40.4 Å². The average Bonchev–Trinajstić information content (AvgIpc) is 3.09. The lowest BCUT2D eigenvalue weighted by atomic mass is 9.46. The summed E-state index contributed by atoms with van der Waals surface area (Å²) in [6.07, 6.45) is 18.7. The van der Waals surface area contributed by atoms with E-state index in [2.05, 4.69) is 33.8 Å². The molecular weight excluding hydrogens is 368 g/mol. The van der Waals surface area contributed by atoms with Gasteiger partial charge < -0.3 is 10.2 Å². The standard InChI is InChI=1S/C28H48O2/c1-5-6-7-8-15-28(4,30)25-12-11-23-22-10-9-21-18-20(19-29)13-16-26(21,2)24(22)14-17-27(23,25)3/h9,20,22-25,29-30H,5-8,10-19H2,1-4H3/t20?,22?,23?,24?,25?,26-,27-,28-/m0/s1. The van der Waals surface area contributed by atoms with E-state index in [1.807, 2.05) is 0 Å². The third-order valence-electron chi connectivity index (χ3n) is 10.8. The summed E-state index contributed by atoms with van der Waals surface area (Å²) in [4.78, 5) is 0. The average molecular weight is 417 g/mol. The fourth-order valence-electron chi connectivity index (χ4n) is 9.00. The first kappa shape index (κ1) is 22.8. The quantitative estimate of drug-likeness (QED) is 0.350. The van der Waals surface area contributed by atoms with E-state index < -0.39 is 5.60 Å². The van der Waals surface area contributed by atoms with Gasteiger partial charge in [-0.25, -0.2) is 0 Å². The highest BCUT2D eigenvalue weighted by atomic mass is 16.3. The van der Waals surface area contributed by atoms with Crippen LogP contribution in [0.15, 0.2) is 11.6 Å². The molecule has 30 heavy (non-hydrogen) atoms. The zero-order valence-corrected chi connectivity index (χ0v) is 20.3. The van der Waals surface area contributed by atoms with Crippen molar-refractivity contribution in [2.24, 2.45) is 40.4 Å². The molecule has 0 radical (unpaired) electrons. The summed E-state index contributed by atoms with van der Waals surface area (Å²) in [7, 11) is 0. The van der Waals surface area contributed by atoms with Crippen molar-refractivity contribution in [2.75, 3.05) is 6.61 Å². The molecule has 0 aromatic rings. The van der Waals surface area contributed by atoms with E-state index in [9.17, 15) is 10.2 Å². The Kier molecular flexibility index (Phi) is 6.50. The van der Waals surface area contributed by atoms with Crippen LogP contribution in [-0.4, -0.2) is 22.4 Å². The van der Waals surface area contributed by atoms with E-state index >= 15 is 0 Å². The zero-order chi connectivity index (χ0) is 21.6. The Labute approximate surface area is 185 Å². The first-order valence-electron chi connectivity index (χ1n) is 13.3. The van der Waals surface area contributed by atoms with Crippen LogP contribution < -0.4 is 0 Å². The maximum atomic E-state index is 11.6. The molecule has 0 heterocycles. The molecule has 2 nitrogen and oxygen atoms in total.